The predicted molar refractivity (Wildman–Crippen MR) is 110 cm³/mol. The second kappa shape index (κ2) is 9.95. The van der Waals surface area contributed by atoms with Gasteiger partial charge in [0.2, 0.25) is 5.91 Å². The third kappa shape index (κ3) is 5.62. The lowest BCUT2D eigenvalue weighted by Gasteiger charge is -2.19. The number of aromatic nitrogens is 2. The van der Waals surface area contributed by atoms with E-state index in [1.165, 1.54) is 19.2 Å². The average Bonchev–Trinajstić information content (AvgIpc) is 2.74. The first-order valence-electron chi connectivity index (χ1n) is 9.01. The van der Waals surface area contributed by atoms with E-state index in [0.717, 1.165) is 5.39 Å². The molecule has 0 aliphatic heterocycles. The molecule has 2 amide bonds. The molecule has 3 aromatic rings. The molecule has 3 N–H and O–H groups in total. The van der Waals surface area contributed by atoms with Gasteiger partial charge in [-0.25, -0.2) is 14.2 Å². The Kier molecular flexibility index (Phi) is 7.10. The first kappa shape index (κ1) is 21.4. The monoisotopic (exact) mass is 431 g/mol. The zero-order valence-corrected chi connectivity index (χ0v) is 16.7. The van der Waals surface area contributed by atoms with Crippen molar-refractivity contribution >= 4 is 40.3 Å². The number of carbonyl (C=O) groups is 2. The number of halogens is 2. The topological polar surface area (TPSA) is 105 Å². The van der Waals surface area contributed by atoms with Crippen LogP contribution in [0.4, 0.5) is 15.0 Å². The van der Waals surface area contributed by atoms with Crippen LogP contribution in [0.1, 0.15) is 12.0 Å². The number of ether oxygens (including phenoxy) is 1. The van der Waals surface area contributed by atoms with E-state index in [1.54, 1.807) is 30.6 Å². The van der Waals surface area contributed by atoms with Gasteiger partial charge >= 0.3 is 6.09 Å². The molecule has 156 valence electrons. The lowest BCUT2D eigenvalue weighted by Crippen LogP contribution is -2.39. The van der Waals surface area contributed by atoms with E-state index in [-0.39, 0.29) is 29.7 Å². The lowest BCUT2D eigenvalue weighted by atomic mass is 10.2. The van der Waals surface area contributed by atoms with Crippen molar-refractivity contribution in [3.8, 4) is 0 Å². The molecule has 1 unspecified atom stereocenters. The number of hydrogen-bond donors (Lipinski definition) is 3. The molecule has 0 spiro atoms. The van der Waals surface area contributed by atoms with Gasteiger partial charge in [0.15, 0.2) is 6.23 Å². The lowest BCUT2D eigenvalue weighted by molar-refractivity contribution is -0.122. The summed E-state index contributed by atoms with van der Waals surface area (Å²) in [7, 11) is 1.47. The van der Waals surface area contributed by atoms with Crippen LogP contribution in [0.15, 0.2) is 48.8 Å². The van der Waals surface area contributed by atoms with Crippen LogP contribution in [0.25, 0.3) is 10.9 Å². The molecule has 2 aromatic heterocycles. The zero-order chi connectivity index (χ0) is 21.5. The van der Waals surface area contributed by atoms with E-state index in [9.17, 15) is 14.0 Å². The van der Waals surface area contributed by atoms with Crippen LogP contribution in [-0.2, 0) is 16.1 Å². The van der Waals surface area contributed by atoms with Crippen molar-refractivity contribution in [3.63, 3.8) is 0 Å². The highest BCUT2D eigenvalue weighted by Crippen LogP contribution is 2.20. The van der Waals surface area contributed by atoms with E-state index in [2.05, 4.69) is 25.9 Å². The second-order valence-electron chi connectivity index (χ2n) is 6.26. The Morgan fingerprint density at radius 3 is 2.87 bits per heavy atom. The van der Waals surface area contributed by atoms with E-state index >= 15 is 0 Å². The molecule has 30 heavy (non-hydrogen) atoms. The summed E-state index contributed by atoms with van der Waals surface area (Å²) in [5.41, 5.74) is 1.12. The Balaban J connectivity index is 1.66. The number of nitrogens with zero attached hydrogens (tertiary/aromatic N) is 2. The molecule has 0 radical (unpaired) electrons. The minimum atomic E-state index is -0.983. The Hall–Kier alpha value is -3.30. The van der Waals surface area contributed by atoms with Crippen LogP contribution in [0.3, 0.4) is 0 Å². The Bertz CT molecular complexity index is 1070. The molecule has 0 bridgehead atoms. The van der Waals surface area contributed by atoms with Gasteiger partial charge in [-0.2, -0.15) is 0 Å². The molecule has 3 rings (SSSR count). The molecule has 1 atom stereocenters. The van der Waals surface area contributed by atoms with E-state index in [4.69, 9.17) is 16.3 Å². The van der Waals surface area contributed by atoms with Crippen molar-refractivity contribution in [2.45, 2.75) is 19.2 Å². The normalized spacial score (nSPS) is 11.7. The quantitative estimate of drug-likeness (QED) is 0.496. The maximum atomic E-state index is 13.6. The molecule has 0 aliphatic carbocycles. The first-order chi connectivity index (χ1) is 14.5. The maximum Gasteiger partial charge on any atom is 0.414 e. The number of anilines is 1. The molecule has 0 fully saturated rings. The van der Waals surface area contributed by atoms with E-state index in [0.29, 0.717) is 11.1 Å². The summed E-state index contributed by atoms with van der Waals surface area (Å²) in [6, 6.07) is 9.61. The van der Waals surface area contributed by atoms with Gasteiger partial charge in [0.05, 0.1) is 17.0 Å². The minimum absolute atomic E-state index is 0.0407. The van der Waals surface area contributed by atoms with Gasteiger partial charge in [-0.15, -0.1) is 0 Å². The predicted octanol–water partition coefficient (Wildman–Crippen LogP) is 3.22. The summed E-state index contributed by atoms with van der Waals surface area (Å²) in [6.07, 6.45) is 1.26. The number of pyridine rings is 2. The number of nitrogens with one attached hydrogen (secondary N) is 3. The van der Waals surface area contributed by atoms with Gasteiger partial charge in [0.1, 0.15) is 11.6 Å². The van der Waals surface area contributed by atoms with Crippen molar-refractivity contribution in [2.24, 2.45) is 0 Å². The van der Waals surface area contributed by atoms with Crippen molar-refractivity contribution in [1.82, 2.24) is 20.6 Å². The van der Waals surface area contributed by atoms with Crippen molar-refractivity contribution < 1.29 is 18.7 Å². The van der Waals surface area contributed by atoms with Crippen molar-refractivity contribution in [3.05, 3.63) is 65.2 Å². The zero-order valence-electron chi connectivity index (χ0n) is 16.0. The largest absolute Gasteiger partial charge is 0.430 e. The third-order valence-electron chi connectivity index (χ3n) is 4.17. The van der Waals surface area contributed by atoms with E-state index < -0.39 is 18.1 Å². The molecule has 2 heterocycles. The van der Waals surface area contributed by atoms with Gasteiger partial charge in [-0.3, -0.25) is 20.4 Å². The number of rotatable bonds is 7. The van der Waals surface area contributed by atoms with Crippen LogP contribution < -0.4 is 16.0 Å². The summed E-state index contributed by atoms with van der Waals surface area (Å²) in [5, 5.41) is 8.63. The van der Waals surface area contributed by atoms with Crippen LogP contribution >= 0.6 is 11.6 Å². The number of benzene rings is 1. The fraction of sp³-hybridized carbons (Fsp3) is 0.200. The van der Waals surface area contributed by atoms with Gasteiger partial charge < -0.3 is 10.1 Å². The van der Waals surface area contributed by atoms with Crippen LogP contribution in [0, 0.1) is 5.82 Å². The summed E-state index contributed by atoms with van der Waals surface area (Å²) in [4.78, 5) is 32.4. The van der Waals surface area contributed by atoms with Crippen LogP contribution in [0.5, 0.6) is 0 Å². The maximum absolute atomic E-state index is 13.6. The fourth-order valence-corrected chi connectivity index (χ4v) is 2.82. The standard InChI is InChI=1S/C20H19ClFN5O3/c1-23-17(28)9-18(26-11-13-4-2-6-14(22)19(13)21)30-20(29)27-16-8-15-12(10-25-16)5-3-7-24-15/h2-8,10,18,26H,9,11H2,1H3,(H,23,28)(H,25,27,29). The number of amides is 2. The molecule has 0 aliphatic rings. The Morgan fingerprint density at radius 1 is 1.23 bits per heavy atom. The van der Waals surface area contributed by atoms with Crippen LogP contribution in [0.2, 0.25) is 5.02 Å². The fourth-order valence-electron chi connectivity index (χ4n) is 2.63. The minimum Gasteiger partial charge on any atom is -0.430 e. The molecule has 0 saturated carbocycles. The van der Waals surface area contributed by atoms with Crippen molar-refractivity contribution in [1.29, 1.82) is 0 Å². The highest BCUT2D eigenvalue weighted by Gasteiger charge is 2.19. The van der Waals surface area contributed by atoms with E-state index in [1.807, 2.05) is 6.07 Å². The number of carbonyl (C=O) groups excluding carboxylic acids is 2. The summed E-state index contributed by atoms with van der Waals surface area (Å²) >= 11 is 5.94. The van der Waals surface area contributed by atoms with Crippen LogP contribution in [-0.4, -0.2) is 35.2 Å². The SMILES string of the molecule is CNC(=O)CC(NCc1cccc(F)c1Cl)OC(=O)Nc1cc2ncccc2cn1. The Morgan fingerprint density at radius 2 is 2.07 bits per heavy atom. The molecular weight excluding hydrogens is 413 g/mol. The summed E-state index contributed by atoms with van der Waals surface area (Å²) in [6.45, 7) is 0.0870. The summed E-state index contributed by atoms with van der Waals surface area (Å²) in [5.74, 6) is -0.662. The van der Waals surface area contributed by atoms with Gasteiger partial charge in [0.25, 0.3) is 0 Å². The number of hydrogen-bond acceptors (Lipinski definition) is 6. The highest BCUT2D eigenvalue weighted by atomic mass is 35.5. The molecule has 10 heteroatoms. The Labute approximate surface area is 176 Å². The highest BCUT2D eigenvalue weighted by molar-refractivity contribution is 6.31. The second-order valence-corrected chi connectivity index (χ2v) is 6.63. The van der Waals surface area contributed by atoms with Gasteiger partial charge in [0, 0.05) is 37.4 Å². The van der Waals surface area contributed by atoms with Gasteiger partial charge in [-0.1, -0.05) is 23.7 Å². The smallest absolute Gasteiger partial charge is 0.414 e. The molecule has 8 nitrogen and oxygen atoms in total. The average molecular weight is 432 g/mol. The molecule has 0 saturated heterocycles. The molecular formula is C20H19ClFN5O3. The number of fused-ring (bicyclic) bond motifs is 1. The first-order valence-corrected chi connectivity index (χ1v) is 9.39. The molecule has 1 aromatic carbocycles. The third-order valence-corrected chi connectivity index (χ3v) is 4.59. The van der Waals surface area contributed by atoms with Gasteiger partial charge in [-0.05, 0) is 23.8 Å². The van der Waals surface area contributed by atoms with Crippen molar-refractivity contribution in [2.75, 3.05) is 12.4 Å². The summed E-state index contributed by atoms with van der Waals surface area (Å²) < 4.78 is 18.9.